The van der Waals surface area contributed by atoms with Gasteiger partial charge in [-0.05, 0) is 43.2 Å². The lowest BCUT2D eigenvalue weighted by molar-refractivity contribution is -0.173. The van der Waals surface area contributed by atoms with Crippen LogP contribution in [0.5, 0.6) is 5.75 Å². The van der Waals surface area contributed by atoms with Crippen LogP contribution in [-0.4, -0.2) is 53.4 Å². The molecule has 0 bridgehead atoms. The fourth-order valence-corrected chi connectivity index (χ4v) is 3.83. The predicted molar refractivity (Wildman–Crippen MR) is 105 cm³/mol. The van der Waals surface area contributed by atoms with E-state index in [1.807, 2.05) is 0 Å². The fraction of sp³-hybridized carbons (Fsp3) is 0.238. The average Bonchev–Trinajstić information content (AvgIpc) is 3.33. The third-order valence-electron chi connectivity index (χ3n) is 5.12. The molecular formula is C21H17ClN2O6. The molecule has 154 valence electrons. The Hall–Kier alpha value is -3.39. The molecule has 2 aliphatic rings. The van der Waals surface area contributed by atoms with E-state index >= 15 is 0 Å². The smallest absolute Gasteiger partial charge is 0.355 e. The number of hydrogen-bond donors (Lipinski definition) is 0. The highest BCUT2D eigenvalue weighted by Gasteiger charge is 2.43. The number of halogens is 1. The highest BCUT2D eigenvalue weighted by molar-refractivity contribution is 6.31. The molecule has 1 saturated heterocycles. The number of carbonyl (C=O) groups is 4. The number of imide groups is 1. The van der Waals surface area contributed by atoms with Gasteiger partial charge in [-0.25, -0.2) is 4.79 Å². The van der Waals surface area contributed by atoms with Crippen LogP contribution in [0, 0.1) is 0 Å². The summed E-state index contributed by atoms with van der Waals surface area (Å²) < 4.78 is 5.23. The summed E-state index contributed by atoms with van der Waals surface area (Å²) in [6.45, 7) is 0.316. The van der Waals surface area contributed by atoms with Gasteiger partial charge in [0.2, 0.25) is 0 Å². The second-order valence-electron chi connectivity index (χ2n) is 6.86. The Balaban J connectivity index is 1.54. The Bertz CT molecular complexity index is 1030. The van der Waals surface area contributed by atoms with E-state index < -0.39 is 29.7 Å². The van der Waals surface area contributed by atoms with Crippen LogP contribution in [0.2, 0.25) is 5.02 Å². The SMILES string of the molecule is COc1ccc(Cl)cc1C(=O)N1CCCC1C(=O)ON1C(=O)c2ccccc2C1=O. The molecule has 3 amide bonds. The zero-order valence-corrected chi connectivity index (χ0v) is 16.7. The van der Waals surface area contributed by atoms with Gasteiger partial charge >= 0.3 is 5.97 Å². The number of benzene rings is 2. The maximum absolute atomic E-state index is 13.1. The maximum atomic E-state index is 13.1. The molecule has 0 saturated carbocycles. The second kappa shape index (κ2) is 7.79. The molecule has 2 aromatic carbocycles. The molecule has 4 rings (SSSR count). The third kappa shape index (κ3) is 3.29. The van der Waals surface area contributed by atoms with Gasteiger partial charge in [0.25, 0.3) is 17.7 Å². The zero-order chi connectivity index (χ0) is 21.4. The van der Waals surface area contributed by atoms with E-state index in [-0.39, 0.29) is 16.7 Å². The van der Waals surface area contributed by atoms with Crippen molar-refractivity contribution in [1.82, 2.24) is 9.96 Å². The normalized spacial score (nSPS) is 17.9. The highest BCUT2D eigenvalue weighted by Crippen LogP contribution is 2.29. The van der Waals surface area contributed by atoms with Crippen LogP contribution < -0.4 is 4.74 Å². The monoisotopic (exact) mass is 428 g/mol. The van der Waals surface area contributed by atoms with Crippen molar-refractivity contribution in [3.8, 4) is 5.75 Å². The quantitative estimate of drug-likeness (QED) is 0.695. The first-order valence-electron chi connectivity index (χ1n) is 9.26. The molecule has 0 spiro atoms. The van der Waals surface area contributed by atoms with Crippen molar-refractivity contribution in [1.29, 1.82) is 0 Å². The number of rotatable bonds is 4. The summed E-state index contributed by atoms with van der Waals surface area (Å²) in [6.07, 6.45) is 0.910. The van der Waals surface area contributed by atoms with Crippen LogP contribution in [-0.2, 0) is 9.63 Å². The zero-order valence-electron chi connectivity index (χ0n) is 16.0. The van der Waals surface area contributed by atoms with E-state index in [2.05, 4.69) is 0 Å². The first-order valence-corrected chi connectivity index (χ1v) is 9.64. The molecule has 2 heterocycles. The Morgan fingerprint density at radius 3 is 2.37 bits per heavy atom. The lowest BCUT2D eigenvalue weighted by Gasteiger charge is -2.25. The topological polar surface area (TPSA) is 93.2 Å². The first kappa shape index (κ1) is 19.9. The Morgan fingerprint density at radius 2 is 1.73 bits per heavy atom. The minimum absolute atomic E-state index is 0.165. The largest absolute Gasteiger partial charge is 0.496 e. The Labute approximate surface area is 176 Å². The molecule has 1 unspecified atom stereocenters. The molecule has 9 heteroatoms. The molecule has 0 aliphatic carbocycles. The van der Waals surface area contributed by atoms with Gasteiger partial charge < -0.3 is 14.5 Å². The summed E-state index contributed by atoms with van der Waals surface area (Å²) in [4.78, 5) is 57.2. The number of methoxy groups -OCH3 is 1. The van der Waals surface area contributed by atoms with Crippen molar-refractivity contribution in [3.63, 3.8) is 0 Å². The molecular weight excluding hydrogens is 412 g/mol. The van der Waals surface area contributed by atoms with Crippen molar-refractivity contribution in [2.45, 2.75) is 18.9 Å². The minimum Gasteiger partial charge on any atom is -0.496 e. The fourth-order valence-electron chi connectivity index (χ4n) is 3.66. The van der Waals surface area contributed by atoms with Gasteiger partial charge in [-0.3, -0.25) is 14.4 Å². The summed E-state index contributed by atoms with van der Waals surface area (Å²) in [6, 6.07) is 9.89. The van der Waals surface area contributed by atoms with Gasteiger partial charge in [0.05, 0.1) is 23.8 Å². The van der Waals surface area contributed by atoms with Crippen LogP contribution in [0.3, 0.4) is 0 Å². The number of fused-ring (bicyclic) bond motifs is 1. The second-order valence-corrected chi connectivity index (χ2v) is 7.30. The summed E-state index contributed by atoms with van der Waals surface area (Å²) in [5, 5.41) is 0.803. The van der Waals surface area contributed by atoms with Crippen LogP contribution in [0.4, 0.5) is 0 Å². The molecule has 30 heavy (non-hydrogen) atoms. The van der Waals surface area contributed by atoms with Gasteiger partial charge in [0, 0.05) is 11.6 Å². The van der Waals surface area contributed by atoms with E-state index in [0.29, 0.717) is 35.2 Å². The Morgan fingerprint density at radius 1 is 1.07 bits per heavy atom. The van der Waals surface area contributed by atoms with Crippen LogP contribution in [0.15, 0.2) is 42.5 Å². The van der Waals surface area contributed by atoms with Crippen LogP contribution in [0.25, 0.3) is 0 Å². The van der Waals surface area contributed by atoms with Gasteiger partial charge in [-0.2, -0.15) is 0 Å². The van der Waals surface area contributed by atoms with Crippen molar-refractivity contribution in [2.75, 3.05) is 13.7 Å². The minimum atomic E-state index is -0.939. The van der Waals surface area contributed by atoms with Crippen molar-refractivity contribution in [2.24, 2.45) is 0 Å². The van der Waals surface area contributed by atoms with Crippen molar-refractivity contribution >= 4 is 35.3 Å². The van der Waals surface area contributed by atoms with Gasteiger partial charge in [-0.1, -0.05) is 28.8 Å². The molecule has 2 aliphatic heterocycles. The number of likely N-dealkylation sites (tertiary alicyclic amines) is 1. The van der Waals surface area contributed by atoms with Gasteiger partial charge in [0.15, 0.2) is 0 Å². The van der Waals surface area contributed by atoms with Crippen LogP contribution >= 0.6 is 11.6 Å². The average molecular weight is 429 g/mol. The standard InChI is InChI=1S/C21H17ClN2O6/c1-29-17-9-8-12(22)11-15(17)18(25)23-10-4-7-16(23)21(28)30-24-19(26)13-5-2-3-6-14(13)20(24)27/h2-3,5-6,8-9,11,16H,4,7,10H2,1H3. The van der Waals surface area contributed by atoms with E-state index in [9.17, 15) is 19.2 Å². The van der Waals surface area contributed by atoms with Crippen LogP contribution in [0.1, 0.15) is 43.9 Å². The molecule has 0 aromatic heterocycles. The number of amides is 3. The first-order chi connectivity index (χ1) is 14.4. The highest BCUT2D eigenvalue weighted by atomic mass is 35.5. The molecule has 1 atom stereocenters. The summed E-state index contributed by atoms with van der Waals surface area (Å²) in [5.41, 5.74) is 0.544. The third-order valence-corrected chi connectivity index (χ3v) is 5.35. The molecule has 1 fully saturated rings. The van der Waals surface area contributed by atoms with E-state index in [1.54, 1.807) is 24.3 Å². The number of hydrogen-bond acceptors (Lipinski definition) is 6. The van der Waals surface area contributed by atoms with Crippen molar-refractivity contribution < 1.29 is 28.8 Å². The maximum Gasteiger partial charge on any atom is 0.355 e. The molecule has 8 nitrogen and oxygen atoms in total. The molecule has 2 aromatic rings. The molecule has 0 radical (unpaired) electrons. The summed E-state index contributed by atoms with van der Waals surface area (Å²) in [7, 11) is 1.43. The lowest BCUT2D eigenvalue weighted by atomic mass is 10.1. The lowest BCUT2D eigenvalue weighted by Crippen LogP contribution is -2.45. The summed E-state index contributed by atoms with van der Waals surface area (Å²) >= 11 is 6.01. The van der Waals surface area contributed by atoms with E-state index in [4.69, 9.17) is 21.2 Å². The van der Waals surface area contributed by atoms with Crippen molar-refractivity contribution in [3.05, 3.63) is 64.2 Å². The van der Waals surface area contributed by atoms with Gasteiger partial charge in [-0.15, -0.1) is 0 Å². The van der Waals surface area contributed by atoms with E-state index in [0.717, 1.165) is 0 Å². The number of hydroxylamine groups is 2. The number of carbonyl (C=O) groups excluding carboxylic acids is 4. The number of ether oxygens (including phenoxy) is 1. The molecule has 0 N–H and O–H groups in total. The number of nitrogens with zero attached hydrogens (tertiary/aromatic N) is 2. The van der Waals surface area contributed by atoms with Gasteiger partial charge in [0.1, 0.15) is 11.8 Å². The Kier molecular flexibility index (Phi) is 5.17. The van der Waals surface area contributed by atoms with E-state index in [1.165, 1.54) is 30.2 Å². The predicted octanol–water partition coefficient (Wildman–Crippen LogP) is 2.71. The summed E-state index contributed by atoms with van der Waals surface area (Å²) in [5.74, 6) is -2.40.